The van der Waals surface area contributed by atoms with Crippen LogP contribution >= 0.6 is 0 Å². The number of benzene rings is 1. The summed E-state index contributed by atoms with van der Waals surface area (Å²) in [5.74, 6) is 0.459. The lowest BCUT2D eigenvalue weighted by molar-refractivity contribution is -0.274. The van der Waals surface area contributed by atoms with Gasteiger partial charge in [-0.25, -0.2) is 4.98 Å². The van der Waals surface area contributed by atoms with Gasteiger partial charge in [-0.1, -0.05) is 12.1 Å². The fourth-order valence-corrected chi connectivity index (χ4v) is 1.99. The van der Waals surface area contributed by atoms with Crippen LogP contribution in [-0.2, 0) is 7.05 Å². The SMILES string of the molecule is CNC(c1cccc(OC(F)(F)F)c1)c1nccn1C. The Morgan fingerprint density at radius 2 is 2.10 bits per heavy atom. The molecular formula is C13H14F3N3O. The molecule has 1 aromatic carbocycles. The van der Waals surface area contributed by atoms with Crippen LogP contribution in [-0.4, -0.2) is 23.0 Å². The smallest absolute Gasteiger partial charge is 0.406 e. The molecule has 0 fully saturated rings. The zero-order valence-electron chi connectivity index (χ0n) is 11.0. The van der Waals surface area contributed by atoms with Gasteiger partial charge in [-0.15, -0.1) is 13.2 Å². The van der Waals surface area contributed by atoms with Gasteiger partial charge in [-0.05, 0) is 24.7 Å². The molecule has 0 aliphatic carbocycles. The largest absolute Gasteiger partial charge is 0.573 e. The van der Waals surface area contributed by atoms with Crippen LogP contribution < -0.4 is 10.1 Å². The monoisotopic (exact) mass is 285 g/mol. The molecule has 0 amide bonds. The number of halogens is 3. The third-order valence-electron chi connectivity index (χ3n) is 2.83. The van der Waals surface area contributed by atoms with Gasteiger partial charge in [0, 0.05) is 19.4 Å². The fourth-order valence-electron chi connectivity index (χ4n) is 1.99. The summed E-state index contributed by atoms with van der Waals surface area (Å²) in [6.45, 7) is 0. The van der Waals surface area contributed by atoms with Gasteiger partial charge in [0.1, 0.15) is 11.6 Å². The molecule has 7 heteroatoms. The normalized spacial score (nSPS) is 13.2. The summed E-state index contributed by atoms with van der Waals surface area (Å²) in [7, 11) is 3.54. The van der Waals surface area contributed by atoms with Crippen molar-refractivity contribution in [3.05, 3.63) is 48.0 Å². The van der Waals surface area contributed by atoms with E-state index in [1.54, 1.807) is 30.1 Å². The number of hydrogen-bond acceptors (Lipinski definition) is 3. The van der Waals surface area contributed by atoms with Crippen molar-refractivity contribution >= 4 is 0 Å². The molecule has 1 N–H and O–H groups in total. The van der Waals surface area contributed by atoms with Crippen molar-refractivity contribution in [2.75, 3.05) is 7.05 Å². The van der Waals surface area contributed by atoms with E-state index >= 15 is 0 Å². The standard InChI is InChI=1S/C13H14F3N3O/c1-17-11(12-18-6-7-19(12)2)9-4-3-5-10(8-9)20-13(14,15)16/h3-8,11,17H,1-2H3. The Kier molecular flexibility index (Phi) is 3.99. The topological polar surface area (TPSA) is 39.1 Å². The summed E-state index contributed by atoms with van der Waals surface area (Å²) in [5, 5.41) is 3.03. The van der Waals surface area contributed by atoms with Gasteiger partial charge < -0.3 is 14.6 Å². The van der Waals surface area contributed by atoms with E-state index < -0.39 is 6.36 Å². The molecule has 0 saturated heterocycles. The number of imidazole rings is 1. The minimum absolute atomic E-state index is 0.246. The molecule has 0 aliphatic heterocycles. The third-order valence-corrected chi connectivity index (χ3v) is 2.83. The highest BCUT2D eigenvalue weighted by atomic mass is 19.4. The van der Waals surface area contributed by atoms with E-state index in [1.807, 2.05) is 7.05 Å². The van der Waals surface area contributed by atoms with Crippen molar-refractivity contribution in [1.82, 2.24) is 14.9 Å². The van der Waals surface area contributed by atoms with Crippen molar-refractivity contribution < 1.29 is 17.9 Å². The Bertz CT molecular complexity index is 580. The van der Waals surface area contributed by atoms with Gasteiger partial charge in [0.15, 0.2) is 0 Å². The van der Waals surface area contributed by atoms with Crippen LogP contribution in [0.5, 0.6) is 5.75 Å². The first kappa shape index (κ1) is 14.4. The average Bonchev–Trinajstić information content (AvgIpc) is 2.75. The maximum atomic E-state index is 12.2. The second-order valence-corrected chi connectivity index (χ2v) is 4.24. The molecule has 1 heterocycles. The molecule has 0 radical (unpaired) electrons. The molecule has 20 heavy (non-hydrogen) atoms. The van der Waals surface area contributed by atoms with Gasteiger partial charge in [0.2, 0.25) is 0 Å². The molecule has 2 rings (SSSR count). The molecule has 0 aliphatic rings. The molecule has 0 spiro atoms. The van der Waals surface area contributed by atoms with Gasteiger partial charge in [0.05, 0.1) is 6.04 Å². The fraction of sp³-hybridized carbons (Fsp3) is 0.308. The van der Waals surface area contributed by atoms with Crippen LogP contribution in [0.15, 0.2) is 36.7 Å². The summed E-state index contributed by atoms with van der Waals surface area (Å²) < 4.78 is 42.5. The summed E-state index contributed by atoms with van der Waals surface area (Å²) in [6, 6.07) is 5.54. The van der Waals surface area contributed by atoms with Gasteiger partial charge >= 0.3 is 6.36 Å². The Hall–Kier alpha value is -2.02. The molecule has 0 bridgehead atoms. The lowest BCUT2D eigenvalue weighted by atomic mass is 10.1. The van der Waals surface area contributed by atoms with Crippen molar-refractivity contribution in [3.8, 4) is 5.75 Å². The zero-order valence-corrected chi connectivity index (χ0v) is 11.0. The highest BCUT2D eigenvalue weighted by Crippen LogP contribution is 2.27. The maximum absolute atomic E-state index is 12.2. The summed E-state index contributed by atoms with van der Waals surface area (Å²) in [5.41, 5.74) is 0.642. The average molecular weight is 285 g/mol. The van der Waals surface area contributed by atoms with Gasteiger partial charge in [-0.3, -0.25) is 0 Å². The number of hydrogen-bond donors (Lipinski definition) is 1. The highest BCUT2D eigenvalue weighted by Gasteiger charge is 2.31. The van der Waals surface area contributed by atoms with Crippen molar-refractivity contribution in [1.29, 1.82) is 0 Å². The second-order valence-electron chi connectivity index (χ2n) is 4.24. The molecule has 0 saturated carbocycles. The molecule has 1 atom stereocenters. The maximum Gasteiger partial charge on any atom is 0.573 e. The predicted octanol–water partition coefficient (Wildman–Crippen LogP) is 2.63. The minimum Gasteiger partial charge on any atom is -0.406 e. The first-order valence-corrected chi connectivity index (χ1v) is 5.91. The number of nitrogens with one attached hydrogen (secondary N) is 1. The van der Waals surface area contributed by atoms with Crippen molar-refractivity contribution in [3.63, 3.8) is 0 Å². The Morgan fingerprint density at radius 1 is 1.35 bits per heavy atom. The summed E-state index contributed by atoms with van der Waals surface area (Å²) in [4.78, 5) is 4.21. The third kappa shape index (κ3) is 3.30. The Balaban J connectivity index is 2.32. The molecule has 1 aromatic heterocycles. The van der Waals surface area contributed by atoms with Crippen LogP contribution in [0.3, 0.4) is 0 Å². The Morgan fingerprint density at radius 3 is 2.65 bits per heavy atom. The minimum atomic E-state index is -4.70. The van der Waals surface area contributed by atoms with Crippen LogP contribution in [0.2, 0.25) is 0 Å². The number of aryl methyl sites for hydroxylation is 1. The van der Waals surface area contributed by atoms with E-state index in [0.717, 1.165) is 0 Å². The highest BCUT2D eigenvalue weighted by molar-refractivity contribution is 5.33. The van der Waals surface area contributed by atoms with Crippen LogP contribution in [0.25, 0.3) is 0 Å². The quantitative estimate of drug-likeness (QED) is 0.938. The number of alkyl halides is 3. The van der Waals surface area contributed by atoms with Crippen LogP contribution in [0.1, 0.15) is 17.4 Å². The molecular weight excluding hydrogens is 271 g/mol. The first-order valence-electron chi connectivity index (χ1n) is 5.91. The predicted molar refractivity (Wildman–Crippen MR) is 67.2 cm³/mol. The Labute approximate surface area is 114 Å². The van der Waals surface area contributed by atoms with E-state index in [1.165, 1.54) is 18.2 Å². The van der Waals surface area contributed by atoms with Crippen LogP contribution in [0.4, 0.5) is 13.2 Å². The zero-order chi connectivity index (χ0) is 14.8. The number of aromatic nitrogens is 2. The van der Waals surface area contributed by atoms with E-state index in [0.29, 0.717) is 11.4 Å². The molecule has 2 aromatic rings. The summed E-state index contributed by atoms with van der Waals surface area (Å²) in [6.07, 6.45) is -1.29. The molecule has 4 nitrogen and oxygen atoms in total. The number of rotatable bonds is 4. The number of nitrogens with zero attached hydrogens (tertiary/aromatic N) is 2. The molecule has 1 unspecified atom stereocenters. The van der Waals surface area contributed by atoms with Gasteiger partial charge in [-0.2, -0.15) is 0 Å². The number of ether oxygens (including phenoxy) is 1. The van der Waals surface area contributed by atoms with E-state index in [2.05, 4.69) is 15.0 Å². The van der Waals surface area contributed by atoms with Crippen molar-refractivity contribution in [2.45, 2.75) is 12.4 Å². The van der Waals surface area contributed by atoms with Gasteiger partial charge in [0.25, 0.3) is 0 Å². The molecule has 108 valence electrons. The van der Waals surface area contributed by atoms with E-state index in [9.17, 15) is 13.2 Å². The van der Waals surface area contributed by atoms with Crippen LogP contribution in [0, 0.1) is 0 Å². The van der Waals surface area contributed by atoms with E-state index in [-0.39, 0.29) is 11.8 Å². The summed E-state index contributed by atoms with van der Waals surface area (Å²) >= 11 is 0. The lowest BCUT2D eigenvalue weighted by Gasteiger charge is -2.17. The first-order chi connectivity index (χ1) is 9.40. The second kappa shape index (κ2) is 5.54. The van der Waals surface area contributed by atoms with E-state index in [4.69, 9.17) is 0 Å². The van der Waals surface area contributed by atoms with Crippen molar-refractivity contribution in [2.24, 2.45) is 7.05 Å². The lowest BCUT2D eigenvalue weighted by Crippen LogP contribution is -2.22.